The fraction of sp³-hybridized carbons (Fsp3) is 0.0714. The van der Waals surface area contributed by atoms with Gasteiger partial charge in [-0.3, -0.25) is 14.9 Å². The number of nitro groups is 1. The molecule has 1 amide bonds. The maximum Gasteiger partial charge on any atom is 0.274 e. The Morgan fingerprint density at radius 1 is 1.29 bits per heavy atom. The van der Waals surface area contributed by atoms with Gasteiger partial charge in [0.05, 0.1) is 10.6 Å². The van der Waals surface area contributed by atoms with Crippen LogP contribution in [0, 0.1) is 22.9 Å². The Morgan fingerprint density at radius 2 is 1.90 bits per heavy atom. The molecule has 0 atom stereocenters. The van der Waals surface area contributed by atoms with Gasteiger partial charge in [-0.05, 0) is 53.2 Å². The zero-order valence-electron chi connectivity index (χ0n) is 10.9. The van der Waals surface area contributed by atoms with Gasteiger partial charge < -0.3 is 5.32 Å². The number of hydrogen-bond donors (Lipinski definition) is 1. The van der Waals surface area contributed by atoms with E-state index in [1.807, 2.05) is 0 Å². The van der Waals surface area contributed by atoms with Gasteiger partial charge in [0.2, 0.25) is 0 Å². The van der Waals surface area contributed by atoms with Crippen LogP contribution >= 0.6 is 15.9 Å². The number of nitro benzene ring substituents is 1. The third-order valence-electron chi connectivity index (χ3n) is 2.84. The van der Waals surface area contributed by atoms with E-state index >= 15 is 0 Å². The minimum atomic E-state index is -0.519. The van der Waals surface area contributed by atoms with Crippen LogP contribution in [-0.4, -0.2) is 10.8 Å². The van der Waals surface area contributed by atoms with Crippen LogP contribution in [0.2, 0.25) is 0 Å². The van der Waals surface area contributed by atoms with Gasteiger partial charge in [0.1, 0.15) is 5.82 Å². The molecule has 0 aliphatic rings. The first-order chi connectivity index (χ1) is 9.88. The van der Waals surface area contributed by atoms with Crippen molar-refractivity contribution in [3.05, 3.63) is 67.9 Å². The van der Waals surface area contributed by atoms with Crippen LogP contribution in [0.15, 0.2) is 40.9 Å². The molecule has 0 saturated heterocycles. The third kappa shape index (κ3) is 3.43. The molecule has 0 unspecified atom stereocenters. The van der Waals surface area contributed by atoms with E-state index in [4.69, 9.17) is 0 Å². The zero-order valence-corrected chi connectivity index (χ0v) is 12.5. The third-order valence-corrected chi connectivity index (χ3v) is 3.49. The van der Waals surface area contributed by atoms with Crippen molar-refractivity contribution in [2.45, 2.75) is 6.92 Å². The molecule has 0 saturated carbocycles. The van der Waals surface area contributed by atoms with E-state index in [0.29, 0.717) is 10.0 Å². The predicted octanol–water partition coefficient (Wildman–Crippen LogP) is 4.06. The zero-order chi connectivity index (χ0) is 15.6. The fourth-order valence-electron chi connectivity index (χ4n) is 1.75. The number of carbonyl (C=O) groups excluding carboxylic acids is 1. The second-order valence-corrected chi connectivity index (χ2v) is 5.19. The van der Waals surface area contributed by atoms with Gasteiger partial charge >= 0.3 is 0 Å². The van der Waals surface area contributed by atoms with Crippen LogP contribution in [0.5, 0.6) is 0 Å². The number of nitrogens with one attached hydrogen (secondary N) is 1. The summed E-state index contributed by atoms with van der Waals surface area (Å²) >= 11 is 3.25. The van der Waals surface area contributed by atoms with Crippen LogP contribution in [-0.2, 0) is 0 Å². The molecule has 2 aromatic carbocycles. The number of rotatable bonds is 3. The average Bonchev–Trinajstić information content (AvgIpc) is 2.42. The summed E-state index contributed by atoms with van der Waals surface area (Å²) in [5.74, 6) is -0.924. The van der Waals surface area contributed by atoms with Crippen molar-refractivity contribution in [2.75, 3.05) is 5.32 Å². The van der Waals surface area contributed by atoms with Crippen LogP contribution < -0.4 is 5.32 Å². The molecule has 0 fully saturated rings. The molecule has 108 valence electrons. The number of anilines is 1. The van der Waals surface area contributed by atoms with Crippen molar-refractivity contribution in [3.8, 4) is 0 Å². The fourth-order valence-corrected chi connectivity index (χ4v) is 2.31. The SMILES string of the molecule is Cc1cc(Br)c(NC(=O)c2ccc(F)cc2)cc1[N+](=O)[O-]. The van der Waals surface area contributed by atoms with E-state index in [2.05, 4.69) is 21.2 Å². The minimum absolute atomic E-state index is 0.0902. The predicted molar refractivity (Wildman–Crippen MR) is 79.9 cm³/mol. The Kier molecular flexibility index (Phi) is 4.32. The topological polar surface area (TPSA) is 72.2 Å². The van der Waals surface area contributed by atoms with E-state index in [1.165, 1.54) is 30.3 Å². The van der Waals surface area contributed by atoms with E-state index < -0.39 is 16.6 Å². The molecule has 21 heavy (non-hydrogen) atoms. The van der Waals surface area contributed by atoms with Crippen LogP contribution in [0.25, 0.3) is 0 Å². The minimum Gasteiger partial charge on any atom is -0.321 e. The normalized spacial score (nSPS) is 10.2. The summed E-state index contributed by atoms with van der Waals surface area (Å²) in [7, 11) is 0. The number of aryl methyl sites for hydroxylation is 1. The molecule has 5 nitrogen and oxygen atoms in total. The Hall–Kier alpha value is -2.28. The summed E-state index contributed by atoms with van der Waals surface area (Å²) in [6, 6.07) is 7.84. The number of carbonyl (C=O) groups is 1. The van der Waals surface area contributed by atoms with E-state index in [-0.39, 0.29) is 16.9 Å². The van der Waals surface area contributed by atoms with Crippen molar-refractivity contribution >= 4 is 33.2 Å². The van der Waals surface area contributed by atoms with E-state index in [0.717, 1.165) is 0 Å². The number of hydrogen-bond acceptors (Lipinski definition) is 3. The maximum absolute atomic E-state index is 12.8. The van der Waals surface area contributed by atoms with Crippen molar-refractivity contribution in [2.24, 2.45) is 0 Å². The van der Waals surface area contributed by atoms with E-state index in [9.17, 15) is 19.3 Å². The van der Waals surface area contributed by atoms with Crippen LogP contribution in [0.1, 0.15) is 15.9 Å². The molecular weight excluding hydrogens is 343 g/mol. The van der Waals surface area contributed by atoms with Crippen LogP contribution in [0.4, 0.5) is 15.8 Å². The van der Waals surface area contributed by atoms with Gasteiger partial charge in [-0.15, -0.1) is 0 Å². The molecule has 0 aliphatic carbocycles. The lowest BCUT2D eigenvalue weighted by molar-refractivity contribution is -0.385. The lowest BCUT2D eigenvalue weighted by atomic mass is 10.1. The highest BCUT2D eigenvalue weighted by Crippen LogP contribution is 2.30. The average molecular weight is 353 g/mol. The first-order valence-corrected chi connectivity index (χ1v) is 6.69. The first kappa shape index (κ1) is 15.1. The molecule has 7 heteroatoms. The number of halogens is 2. The quantitative estimate of drug-likeness (QED) is 0.668. The molecule has 2 rings (SSSR count). The summed E-state index contributed by atoms with van der Waals surface area (Å²) in [6.45, 7) is 1.61. The Morgan fingerprint density at radius 3 is 2.48 bits per heavy atom. The highest BCUT2D eigenvalue weighted by molar-refractivity contribution is 9.10. The molecular formula is C14H10BrFN2O3. The number of amides is 1. The molecule has 1 N–H and O–H groups in total. The Balaban J connectivity index is 2.30. The standard InChI is InChI=1S/C14H10BrFN2O3/c1-8-6-11(15)12(7-13(8)18(20)21)17-14(19)9-2-4-10(16)5-3-9/h2-7H,1H3,(H,17,19). The molecule has 0 aliphatic heterocycles. The highest BCUT2D eigenvalue weighted by atomic mass is 79.9. The van der Waals surface area contributed by atoms with Crippen molar-refractivity contribution in [1.82, 2.24) is 0 Å². The molecule has 0 spiro atoms. The highest BCUT2D eigenvalue weighted by Gasteiger charge is 2.16. The van der Waals surface area contributed by atoms with Crippen LogP contribution in [0.3, 0.4) is 0 Å². The Labute approximate surface area is 128 Å². The molecule has 0 aromatic heterocycles. The summed E-state index contributed by atoms with van der Waals surface area (Å²) in [5, 5.41) is 13.5. The first-order valence-electron chi connectivity index (χ1n) is 5.90. The number of benzene rings is 2. The van der Waals surface area contributed by atoms with Crippen molar-refractivity contribution in [3.63, 3.8) is 0 Å². The van der Waals surface area contributed by atoms with Gasteiger partial charge in [0.15, 0.2) is 0 Å². The molecule has 0 bridgehead atoms. The molecule has 0 radical (unpaired) electrons. The van der Waals surface area contributed by atoms with Crippen molar-refractivity contribution < 1.29 is 14.1 Å². The maximum atomic E-state index is 12.8. The van der Waals surface area contributed by atoms with Gasteiger partial charge in [0, 0.05) is 21.7 Å². The lowest BCUT2D eigenvalue weighted by Crippen LogP contribution is -2.12. The lowest BCUT2D eigenvalue weighted by Gasteiger charge is -2.09. The number of nitrogens with zero attached hydrogens (tertiary/aromatic N) is 1. The van der Waals surface area contributed by atoms with Gasteiger partial charge in [-0.25, -0.2) is 4.39 Å². The summed E-state index contributed by atoms with van der Waals surface area (Å²) in [5.41, 5.74) is 0.924. The van der Waals surface area contributed by atoms with Gasteiger partial charge in [0.25, 0.3) is 11.6 Å². The summed E-state index contributed by atoms with van der Waals surface area (Å²) < 4.78 is 13.3. The van der Waals surface area contributed by atoms with Gasteiger partial charge in [-0.2, -0.15) is 0 Å². The second kappa shape index (κ2) is 6.01. The molecule has 0 heterocycles. The monoisotopic (exact) mass is 352 g/mol. The van der Waals surface area contributed by atoms with Crippen molar-refractivity contribution in [1.29, 1.82) is 0 Å². The Bertz CT molecular complexity index is 717. The largest absolute Gasteiger partial charge is 0.321 e. The smallest absolute Gasteiger partial charge is 0.274 e. The van der Waals surface area contributed by atoms with Gasteiger partial charge in [-0.1, -0.05) is 0 Å². The second-order valence-electron chi connectivity index (χ2n) is 4.34. The molecule has 2 aromatic rings. The summed E-state index contributed by atoms with van der Waals surface area (Å²) in [4.78, 5) is 22.4. The van der Waals surface area contributed by atoms with E-state index in [1.54, 1.807) is 13.0 Å². The summed E-state index contributed by atoms with van der Waals surface area (Å²) in [6.07, 6.45) is 0.